The van der Waals surface area contributed by atoms with E-state index in [2.05, 4.69) is 76.8 Å². The average Bonchev–Trinajstić information content (AvgIpc) is 2.34. The van der Waals surface area contributed by atoms with Crippen molar-refractivity contribution in [2.45, 2.75) is 40.5 Å². The van der Waals surface area contributed by atoms with E-state index in [1.165, 1.54) is 16.7 Å². The van der Waals surface area contributed by atoms with Crippen molar-refractivity contribution in [2.75, 3.05) is 0 Å². The minimum Gasteiger partial charge on any atom is -0.0988 e. The average molecular weight is 254 g/mol. The van der Waals surface area contributed by atoms with Crippen LogP contribution in [0.5, 0.6) is 0 Å². The zero-order valence-corrected chi connectivity index (χ0v) is 12.9. The largest absolute Gasteiger partial charge is 0.0988 e. The van der Waals surface area contributed by atoms with Gasteiger partial charge in [-0.3, -0.25) is 0 Å². The molecule has 0 N–H and O–H groups in total. The van der Waals surface area contributed by atoms with E-state index in [9.17, 15) is 0 Å². The van der Waals surface area contributed by atoms with E-state index in [-0.39, 0.29) is 5.41 Å². The van der Waals surface area contributed by atoms with E-state index >= 15 is 0 Å². The van der Waals surface area contributed by atoms with Gasteiger partial charge in [0.2, 0.25) is 0 Å². The highest BCUT2D eigenvalue weighted by atomic mass is 14.3. The molecule has 102 valence electrons. The summed E-state index contributed by atoms with van der Waals surface area (Å²) in [6.07, 6.45) is 8.29. The molecule has 1 aromatic rings. The van der Waals surface area contributed by atoms with Crippen LogP contribution in [0.25, 0.3) is 0 Å². The van der Waals surface area contributed by atoms with Gasteiger partial charge in [-0.1, -0.05) is 81.5 Å². The standard InChI is InChI=1S/C19H26/c1-7-9-10-16(8-2)18(19(4,5)6)17-13-11-15(3)12-14-17/h7-14,18H,2H2,1,3-6H3/b9-7-,16-10+/t18-/m0/s1. The predicted octanol–water partition coefficient (Wildman–Crippen LogP) is 5.81. The number of hydrogen-bond acceptors (Lipinski definition) is 0. The molecule has 19 heavy (non-hydrogen) atoms. The lowest BCUT2D eigenvalue weighted by atomic mass is 9.72. The Hall–Kier alpha value is -1.56. The van der Waals surface area contributed by atoms with E-state index in [4.69, 9.17) is 0 Å². The van der Waals surface area contributed by atoms with Crippen LogP contribution in [0.1, 0.15) is 44.7 Å². The van der Waals surface area contributed by atoms with E-state index in [0.29, 0.717) is 5.92 Å². The Bertz CT molecular complexity index is 464. The minimum atomic E-state index is 0.164. The summed E-state index contributed by atoms with van der Waals surface area (Å²) < 4.78 is 0. The van der Waals surface area contributed by atoms with Crippen LogP contribution in [0.2, 0.25) is 0 Å². The van der Waals surface area contributed by atoms with Crippen molar-refractivity contribution in [1.82, 2.24) is 0 Å². The maximum absolute atomic E-state index is 3.99. The molecule has 0 unspecified atom stereocenters. The van der Waals surface area contributed by atoms with E-state index < -0.39 is 0 Å². The zero-order valence-electron chi connectivity index (χ0n) is 12.9. The Morgan fingerprint density at radius 2 is 1.74 bits per heavy atom. The first-order chi connectivity index (χ1) is 8.90. The van der Waals surface area contributed by atoms with Crippen molar-refractivity contribution in [3.8, 4) is 0 Å². The fourth-order valence-electron chi connectivity index (χ4n) is 2.44. The van der Waals surface area contributed by atoms with Gasteiger partial charge >= 0.3 is 0 Å². The zero-order chi connectivity index (χ0) is 14.5. The summed E-state index contributed by atoms with van der Waals surface area (Å²) in [5, 5.41) is 0. The maximum Gasteiger partial charge on any atom is 0.0138 e. The lowest BCUT2D eigenvalue weighted by Gasteiger charge is -2.32. The van der Waals surface area contributed by atoms with Crippen molar-refractivity contribution < 1.29 is 0 Å². The second-order valence-corrected chi connectivity index (χ2v) is 6.11. The van der Waals surface area contributed by atoms with Gasteiger partial charge in [-0.25, -0.2) is 0 Å². The first kappa shape index (κ1) is 15.5. The number of rotatable bonds is 4. The molecule has 1 aromatic carbocycles. The molecule has 0 spiro atoms. The molecule has 0 radical (unpaired) electrons. The normalized spacial score (nSPS) is 14.7. The molecule has 0 aliphatic carbocycles. The minimum absolute atomic E-state index is 0.164. The third-order valence-corrected chi connectivity index (χ3v) is 3.33. The van der Waals surface area contributed by atoms with E-state index in [1.807, 2.05) is 13.0 Å². The topological polar surface area (TPSA) is 0 Å². The summed E-state index contributed by atoms with van der Waals surface area (Å²) in [6, 6.07) is 8.84. The molecule has 0 heteroatoms. The Kier molecular flexibility index (Phi) is 5.35. The first-order valence-electron chi connectivity index (χ1n) is 6.92. The molecular formula is C19H26. The van der Waals surface area contributed by atoms with Gasteiger partial charge in [-0.05, 0) is 30.4 Å². The molecule has 0 aliphatic rings. The van der Waals surface area contributed by atoms with Crippen LogP contribution in [0.15, 0.2) is 60.7 Å². The number of allylic oxidation sites excluding steroid dienone is 5. The van der Waals surface area contributed by atoms with Crippen molar-refractivity contribution >= 4 is 0 Å². The van der Waals surface area contributed by atoms with E-state index in [0.717, 1.165) is 0 Å². The molecule has 0 aromatic heterocycles. The van der Waals surface area contributed by atoms with Gasteiger partial charge in [0.05, 0.1) is 0 Å². The Labute approximate surface area is 118 Å². The highest BCUT2D eigenvalue weighted by Gasteiger charge is 2.28. The highest BCUT2D eigenvalue weighted by Crippen LogP contribution is 2.41. The summed E-state index contributed by atoms with van der Waals surface area (Å²) in [4.78, 5) is 0. The molecule has 1 atom stereocenters. The summed E-state index contributed by atoms with van der Waals surface area (Å²) >= 11 is 0. The summed E-state index contributed by atoms with van der Waals surface area (Å²) in [5.74, 6) is 0.363. The third-order valence-electron chi connectivity index (χ3n) is 3.33. The number of benzene rings is 1. The lowest BCUT2D eigenvalue weighted by Crippen LogP contribution is -2.20. The fraction of sp³-hybridized carbons (Fsp3) is 0.368. The highest BCUT2D eigenvalue weighted by molar-refractivity contribution is 5.39. The Morgan fingerprint density at radius 1 is 1.16 bits per heavy atom. The summed E-state index contributed by atoms with van der Waals surface area (Å²) in [5.41, 5.74) is 4.09. The lowest BCUT2D eigenvalue weighted by molar-refractivity contribution is 0.358. The molecule has 0 amide bonds. The first-order valence-corrected chi connectivity index (χ1v) is 6.92. The van der Waals surface area contributed by atoms with Crippen LogP contribution in [-0.4, -0.2) is 0 Å². The number of aryl methyl sites for hydroxylation is 1. The molecule has 0 saturated heterocycles. The van der Waals surface area contributed by atoms with Crippen LogP contribution in [0.4, 0.5) is 0 Å². The van der Waals surface area contributed by atoms with Crippen molar-refractivity contribution in [3.63, 3.8) is 0 Å². The van der Waals surface area contributed by atoms with Gasteiger partial charge in [0, 0.05) is 5.92 Å². The van der Waals surface area contributed by atoms with Gasteiger partial charge in [0.15, 0.2) is 0 Å². The Morgan fingerprint density at radius 3 is 2.16 bits per heavy atom. The predicted molar refractivity (Wildman–Crippen MR) is 86.5 cm³/mol. The molecule has 0 heterocycles. The molecular weight excluding hydrogens is 228 g/mol. The Balaban J connectivity index is 3.29. The van der Waals surface area contributed by atoms with Crippen LogP contribution < -0.4 is 0 Å². The van der Waals surface area contributed by atoms with Gasteiger partial charge in [0.25, 0.3) is 0 Å². The quantitative estimate of drug-likeness (QED) is 0.594. The molecule has 0 fully saturated rings. The van der Waals surface area contributed by atoms with Crippen molar-refractivity contribution in [2.24, 2.45) is 5.41 Å². The monoisotopic (exact) mass is 254 g/mol. The second kappa shape index (κ2) is 6.56. The van der Waals surface area contributed by atoms with Gasteiger partial charge < -0.3 is 0 Å². The summed E-state index contributed by atoms with van der Waals surface area (Å²) in [6.45, 7) is 15.0. The van der Waals surface area contributed by atoms with Crippen molar-refractivity contribution in [1.29, 1.82) is 0 Å². The SMILES string of the molecule is C=C/C(=C\C=C/C)[C@@H](c1ccc(C)cc1)C(C)(C)C. The summed E-state index contributed by atoms with van der Waals surface area (Å²) in [7, 11) is 0. The van der Waals surface area contributed by atoms with E-state index in [1.54, 1.807) is 0 Å². The molecule has 0 saturated carbocycles. The fourth-order valence-corrected chi connectivity index (χ4v) is 2.44. The third kappa shape index (κ3) is 4.24. The van der Waals surface area contributed by atoms with Gasteiger partial charge in [-0.2, -0.15) is 0 Å². The van der Waals surface area contributed by atoms with Gasteiger partial charge in [-0.15, -0.1) is 0 Å². The molecule has 1 rings (SSSR count). The van der Waals surface area contributed by atoms with Crippen LogP contribution >= 0.6 is 0 Å². The maximum atomic E-state index is 3.99. The molecule has 0 bridgehead atoms. The smallest absolute Gasteiger partial charge is 0.0138 e. The van der Waals surface area contributed by atoms with Gasteiger partial charge in [0.1, 0.15) is 0 Å². The second-order valence-electron chi connectivity index (χ2n) is 6.11. The molecule has 0 nitrogen and oxygen atoms in total. The van der Waals surface area contributed by atoms with Crippen LogP contribution in [0.3, 0.4) is 0 Å². The number of hydrogen-bond donors (Lipinski definition) is 0. The van der Waals surface area contributed by atoms with Crippen LogP contribution in [-0.2, 0) is 0 Å². The van der Waals surface area contributed by atoms with Crippen LogP contribution in [0, 0.1) is 12.3 Å². The molecule has 0 aliphatic heterocycles. The van der Waals surface area contributed by atoms with Crippen molar-refractivity contribution in [3.05, 3.63) is 71.8 Å².